The van der Waals surface area contributed by atoms with Gasteiger partial charge in [-0.25, -0.2) is 0 Å². The fourth-order valence-electron chi connectivity index (χ4n) is 2.55. The van der Waals surface area contributed by atoms with Crippen LogP contribution in [0.1, 0.15) is 24.5 Å². The Morgan fingerprint density at radius 1 is 1.45 bits per heavy atom. The highest BCUT2D eigenvalue weighted by atomic mass is 32.2. The lowest BCUT2D eigenvalue weighted by molar-refractivity contribution is -0.127. The number of hydrogen-bond acceptors (Lipinski definition) is 3. The summed E-state index contributed by atoms with van der Waals surface area (Å²) in [4.78, 5) is 24.9. The van der Waals surface area contributed by atoms with E-state index < -0.39 is 0 Å². The van der Waals surface area contributed by atoms with Gasteiger partial charge in [-0.1, -0.05) is 41.6 Å². The topological polar surface area (TPSA) is 37.4 Å². The molecule has 1 aromatic carbocycles. The third kappa shape index (κ3) is 4.37. The Bertz CT molecular complexity index is 501. The standard InChI is InChI=1S/C16H21NO2S/c1-12-4-3-5-14(8-12)6-7-17-10-15(9-16(17)19)11-20-13(2)18/h3-5,8,15H,6-7,9-11H2,1-2H3. The van der Waals surface area contributed by atoms with Gasteiger partial charge in [0.05, 0.1) is 0 Å². The number of carbonyl (C=O) groups excluding carboxylic acids is 2. The van der Waals surface area contributed by atoms with Gasteiger partial charge in [0.25, 0.3) is 0 Å². The van der Waals surface area contributed by atoms with Crippen molar-refractivity contribution in [2.24, 2.45) is 5.92 Å². The summed E-state index contributed by atoms with van der Waals surface area (Å²) in [6.07, 6.45) is 1.49. The van der Waals surface area contributed by atoms with E-state index in [9.17, 15) is 9.59 Å². The molecule has 1 unspecified atom stereocenters. The lowest BCUT2D eigenvalue weighted by Gasteiger charge is -2.16. The number of amides is 1. The first kappa shape index (κ1) is 15.1. The van der Waals surface area contributed by atoms with Gasteiger partial charge in [0.15, 0.2) is 5.12 Å². The van der Waals surface area contributed by atoms with Crippen molar-refractivity contribution in [3.8, 4) is 0 Å². The Morgan fingerprint density at radius 2 is 2.25 bits per heavy atom. The molecule has 1 aliphatic heterocycles. The fourth-order valence-corrected chi connectivity index (χ4v) is 3.24. The fraction of sp³-hybridized carbons (Fsp3) is 0.500. The number of thioether (sulfide) groups is 1. The molecule has 1 amide bonds. The van der Waals surface area contributed by atoms with Gasteiger partial charge < -0.3 is 4.90 Å². The average Bonchev–Trinajstić information content (AvgIpc) is 2.75. The Balaban J connectivity index is 1.81. The van der Waals surface area contributed by atoms with Crippen LogP contribution in [0.5, 0.6) is 0 Å². The van der Waals surface area contributed by atoms with Crippen LogP contribution in [0.15, 0.2) is 24.3 Å². The molecule has 108 valence electrons. The molecule has 0 N–H and O–H groups in total. The number of nitrogens with zero attached hydrogens (tertiary/aromatic N) is 1. The van der Waals surface area contributed by atoms with E-state index in [4.69, 9.17) is 0 Å². The summed E-state index contributed by atoms with van der Waals surface area (Å²) in [5, 5.41) is 0.135. The summed E-state index contributed by atoms with van der Waals surface area (Å²) in [6.45, 7) is 5.24. The predicted octanol–water partition coefficient (Wildman–Crippen LogP) is 2.67. The molecule has 1 aromatic rings. The van der Waals surface area contributed by atoms with Gasteiger partial charge in [0, 0.05) is 32.2 Å². The second kappa shape index (κ2) is 6.93. The van der Waals surface area contributed by atoms with Crippen LogP contribution in [0, 0.1) is 12.8 Å². The van der Waals surface area contributed by atoms with Gasteiger partial charge in [-0.3, -0.25) is 9.59 Å². The van der Waals surface area contributed by atoms with Crippen molar-refractivity contribution >= 4 is 22.8 Å². The van der Waals surface area contributed by atoms with E-state index in [-0.39, 0.29) is 11.0 Å². The highest BCUT2D eigenvalue weighted by molar-refractivity contribution is 8.13. The molecule has 3 nitrogen and oxygen atoms in total. The number of hydrogen-bond donors (Lipinski definition) is 0. The van der Waals surface area contributed by atoms with E-state index in [0.29, 0.717) is 12.3 Å². The largest absolute Gasteiger partial charge is 0.342 e. The molecule has 1 fully saturated rings. The zero-order valence-corrected chi connectivity index (χ0v) is 12.9. The van der Waals surface area contributed by atoms with Crippen molar-refractivity contribution in [3.05, 3.63) is 35.4 Å². The molecule has 4 heteroatoms. The summed E-state index contributed by atoms with van der Waals surface area (Å²) < 4.78 is 0. The third-order valence-corrected chi connectivity index (χ3v) is 4.61. The van der Waals surface area contributed by atoms with Crippen molar-refractivity contribution in [1.29, 1.82) is 0 Å². The number of carbonyl (C=O) groups is 2. The Morgan fingerprint density at radius 3 is 2.95 bits per heavy atom. The van der Waals surface area contributed by atoms with Gasteiger partial charge in [-0.15, -0.1) is 0 Å². The molecule has 0 bridgehead atoms. The summed E-state index contributed by atoms with van der Waals surface area (Å²) in [7, 11) is 0. The molecular formula is C16H21NO2S. The Hall–Kier alpha value is -1.29. The molecule has 0 saturated carbocycles. The normalized spacial score (nSPS) is 18.6. The van der Waals surface area contributed by atoms with Crippen LogP contribution < -0.4 is 0 Å². The van der Waals surface area contributed by atoms with Crippen LogP contribution in [-0.2, 0) is 16.0 Å². The average molecular weight is 291 g/mol. The minimum absolute atomic E-state index is 0.135. The third-order valence-electron chi connectivity index (χ3n) is 3.57. The summed E-state index contributed by atoms with van der Waals surface area (Å²) in [6, 6.07) is 8.42. The van der Waals surface area contributed by atoms with Crippen LogP contribution >= 0.6 is 11.8 Å². The highest BCUT2D eigenvalue weighted by Gasteiger charge is 2.29. The number of rotatable bonds is 5. The molecule has 1 aliphatic rings. The van der Waals surface area contributed by atoms with Gasteiger partial charge in [-0.2, -0.15) is 0 Å². The second-order valence-electron chi connectivity index (χ2n) is 5.45. The van der Waals surface area contributed by atoms with Crippen molar-refractivity contribution in [3.63, 3.8) is 0 Å². The van der Waals surface area contributed by atoms with Crippen molar-refractivity contribution < 1.29 is 9.59 Å². The zero-order chi connectivity index (χ0) is 14.5. The Labute approximate surface area is 124 Å². The smallest absolute Gasteiger partial charge is 0.222 e. The second-order valence-corrected chi connectivity index (χ2v) is 6.65. The monoisotopic (exact) mass is 291 g/mol. The van der Waals surface area contributed by atoms with Gasteiger partial charge >= 0.3 is 0 Å². The number of benzene rings is 1. The zero-order valence-electron chi connectivity index (χ0n) is 12.1. The van der Waals surface area contributed by atoms with Gasteiger partial charge in [0.1, 0.15) is 0 Å². The van der Waals surface area contributed by atoms with E-state index in [1.54, 1.807) is 6.92 Å². The molecule has 2 rings (SSSR count). The SMILES string of the molecule is CC(=O)SCC1CC(=O)N(CCc2cccc(C)c2)C1. The summed E-state index contributed by atoms with van der Waals surface area (Å²) in [5.41, 5.74) is 2.53. The van der Waals surface area contributed by atoms with Crippen LogP contribution in [0.3, 0.4) is 0 Å². The first-order valence-electron chi connectivity index (χ1n) is 7.01. The van der Waals surface area contributed by atoms with E-state index in [1.807, 2.05) is 4.90 Å². The van der Waals surface area contributed by atoms with Gasteiger partial charge in [-0.05, 0) is 24.8 Å². The maximum Gasteiger partial charge on any atom is 0.222 e. The first-order valence-corrected chi connectivity index (χ1v) is 8.00. The summed E-state index contributed by atoms with van der Waals surface area (Å²) in [5.74, 6) is 1.32. The van der Waals surface area contributed by atoms with Crippen molar-refractivity contribution in [2.75, 3.05) is 18.8 Å². The van der Waals surface area contributed by atoms with Crippen LogP contribution in [0.25, 0.3) is 0 Å². The molecule has 0 aromatic heterocycles. The summed E-state index contributed by atoms with van der Waals surface area (Å²) >= 11 is 1.33. The van der Waals surface area contributed by atoms with E-state index in [1.165, 1.54) is 22.9 Å². The van der Waals surface area contributed by atoms with Crippen LogP contribution in [-0.4, -0.2) is 34.8 Å². The first-order chi connectivity index (χ1) is 9.54. The quantitative estimate of drug-likeness (QED) is 0.837. The molecule has 1 heterocycles. The molecule has 0 radical (unpaired) electrons. The van der Waals surface area contributed by atoms with Crippen molar-refractivity contribution in [1.82, 2.24) is 4.90 Å². The minimum atomic E-state index is 0.135. The highest BCUT2D eigenvalue weighted by Crippen LogP contribution is 2.22. The molecular weight excluding hydrogens is 270 g/mol. The maximum absolute atomic E-state index is 11.9. The Kier molecular flexibility index (Phi) is 5.24. The predicted molar refractivity (Wildman–Crippen MR) is 82.7 cm³/mol. The molecule has 1 atom stereocenters. The number of likely N-dealkylation sites (tertiary alicyclic amines) is 1. The molecule has 20 heavy (non-hydrogen) atoms. The lowest BCUT2D eigenvalue weighted by Crippen LogP contribution is -2.27. The maximum atomic E-state index is 11.9. The van der Waals surface area contributed by atoms with Crippen LogP contribution in [0.4, 0.5) is 0 Å². The molecule has 0 aliphatic carbocycles. The molecule has 1 saturated heterocycles. The van der Waals surface area contributed by atoms with E-state index in [0.717, 1.165) is 25.3 Å². The number of aryl methyl sites for hydroxylation is 1. The van der Waals surface area contributed by atoms with E-state index >= 15 is 0 Å². The molecule has 0 spiro atoms. The lowest BCUT2D eigenvalue weighted by atomic mass is 10.1. The minimum Gasteiger partial charge on any atom is -0.342 e. The van der Waals surface area contributed by atoms with E-state index in [2.05, 4.69) is 31.2 Å². The van der Waals surface area contributed by atoms with Crippen molar-refractivity contribution in [2.45, 2.75) is 26.7 Å². The van der Waals surface area contributed by atoms with Gasteiger partial charge in [0.2, 0.25) is 5.91 Å². The van der Waals surface area contributed by atoms with Crippen LogP contribution in [0.2, 0.25) is 0 Å².